The molecule has 1 aromatic heterocycles. The number of aromatic amines is 1. The van der Waals surface area contributed by atoms with E-state index in [1.165, 1.54) is 18.2 Å². The minimum atomic E-state index is -0.556. The van der Waals surface area contributed by atoms with Gasteiger partial charge in [-0.25, -0.2) is 4.79 Å². The Bertz CT molecular complexity index is 635. The molecule has 94 valence electrons. The highest BCUT2D eigenvalue weighted by Gasteiger charge is 2.18. The molecule has 0 aliphatic heterocycles. The number of esters is 1. The molecular weight excluding hydrogens is 260 g/mol. The summed E-state index contributed by atoms with van der Waals surface area (Å²) in [6.07, 6.45) is 0. The van der Waals surface area contributed by atoms with Gasteiger partial charge in [0, 0.05) is 11.1 Å². The zero-order chi connectivity index (χ0) is 13.3. The number of nitro groups is 1. The number of nitrogens with zero attached hydrogens (tertiary/aromatic N) is 1. The Labute approximate surface area is 107 Å². The lowest BCUT2D eigenvalue weighted by Crippen LogP contribution is -2.04. The summed E-state index contributed by atoms with van der Waals surface area (Å²) in [5, 5.41) is 11.4. The maximum Gasteiger partial charge on any atom is 0.354 e. The van der Waals surface area contributed by atoms with E-state index >= 15 is 0 Å². The maximum absolute atomic E-state index is 11.5. The van der Waals surface area contributed by atoms with Gasteiger partial charge < -0.3 is 9.72 Å². The standard InChI is InChI=1S/C11H9ClN2O4/c1-2-18-11(15)9-5-7-8(13-9)3-6(12)4-10(7)14(16)17/h3-5,13H,2H2,1H3. The number of nitrogens with one attached hydrogen (secondary N) is 1. The highest BCUT2D eigenvalue weighted by molar-refractivity contribution is 6.31. The summed E-state index contributed by atoms with van der Waals surface area (Å²) < 4.78 is 4.82. The smallest absolute Gasteiger partial charge is 0.354 e. The Morgan fingerprint density at radius 2 is 2.22 bits per heavy atom. The Balaban J connectivity index is 2.60. The topological polar surface area (TPSA) is 85.2 Å². The molecule has 2 rings (SSSR count). The van der Waals surface area contributed by atoms with E-state index < -0.39 is 10.9 Å². The van der Waals surface area contributed by atoms with Crippen molar-refractivity contribution in [1.82, 2.24) is 4.98 Å². The van der Waals surface area contributed by atoms with Gasteiger partial charge in [0.15, 0.2) is 0 Å². The van der Waals surface area contributed by atoms with Crippen molar-refractivity contribution in [3.05, 3.63) is 39.0 Å². The van der Waals surface area contributed by atoms with Gasteiger partial charge in [-0.3, -0.25) is 10.1 Å². The summed E-state index contributed by atoms with van der Waals surface area (Å²) in [7, 11) is 0. The number of aromatic nitrogens is 1. The van der Waals surface area contributed by atoms with Gasteiger partial charge in [0.25, 0.3) is 5.69 Å². The fraction of sp³-hybridized carbons (Fsp3) is 0.182. The number of nitro benzene ring substituents is 1. The van der Waals surface area contributed by atoms with Crippen LogP contribution in [-0.4, -0.2) is 22.5 Å². The zero-order valence-electron chi connectivity index (χ0n) is 9.40. The van der Waals surface area contributed by atoms with Gasteiger partial charge in [0.2, 0.25) is 0 Å². The summed E-state index contributed by atoms with van der Waals surface area (Å²) in [5.74, 6) is -0.556. The van der Waals surface area contributed by atoms with Crippen molar-refractivity contribution in [2.24, 2.45) is 0 Å². The van der Waals surface area contributed by atoms with E-state index in [9.17, 15) is 14.9 Å². The summed E-state index contributed by atoms with van der Waals surface area (Å²) >= 11 is 5.78. The van der Waals surface area contributed by atoms with Gasteiger partial charge in [-0.15, -0.1) is 0 Å². The van der Waals surface area contributed by atoms with Crippen molar-refractivity contribution in [3.63, 3.8) is 0 Å². The first-order valence-corrected chi connectivity index (χ1v) is 5.54. The van der Waals surface area contributed by atoms with E-state index in [0.29, 0.717) is 10.9 Å². The fourth-order valence-electron chi connectivity index (χ4n) is 1.65. The van der Waals surface area contributed by atoms with E-state index in [2.05, 4.69) is 4.98 Å². The van der Waals surface area contributed by atoms with Gasteiger partial charge in [0.1, 0.15) is 5.69 Å². The number of ether oxygens (including phenoxy) is 1. The minimum Gasteiger partial charge on any atom is -0.461 e. The number of non-ortho nitro benzene ring substituents is 1. The molecule has 0 bridgehead atoms. The summed E-state index contributed by atoms with van der Waals surface area (Å²) in [6.45, 7) is 1.91. The lowest BCUT2D eigenvalue weighted by atomic mass is 10.2. The van der Waals surface area contributed by atoms with Crippen LogP contribution >= 0.6 is 11.6 Å². The largest absolute Gasteiger partial charge is 0.461 e. The maximum atomic E-state index is 11.5. The predicted octanol–water partition coefficient (Wildman–Crippen LogP) is 2.91. The summed E-state index contributed by atoms with van der Waals surface area (Å²) in [5.41, 5.74) is 0.443. The van der Waals surface area contributed by atoms with Crippen LogP contribution in [0.5, 0.6) is 0 Å². The highest BCUT2D eigenvalue weighted by atomic mass is 35.5. The number of hydrogen-bond donors (Lipinski definition) is 1. The van der Waals surface area contributed by atoms with Crippen LogP contribution in [0.4, 0.5) is 5.69 Å². The van der Waals surface area contributed by atoms with Crippen LogP contribution in [0.1, 0.15) is 17.4 Å². The van der Waals surface area contributed by atoms with Gasteiger partial charge >= 0.3 is 5.97 Å². The number of fused-ring (bicyclic) bond motifs is 1. The first-order valence-electron chi connectivity index (χ1n) is 5.16. The lowest BCUT2D eigenvalue weighted by Gasteiger charge is -1.96. The summed E-state index contributed by atoms with van der Waals surface area (Å²) in [4.78, 5) is 24.6. The van der Waals surface area contributed by atoms with E-state index in [4.69, 9.17) is 16.3 Å². The van der Waals surface area contributed by atoms with Crippen molar-refractivity contribution >= 4 is 34.2 Å². The third-order valence-corrected chi connectivity index (χ3v) is 2.59. The van der Waals surface area contributed by atoms with Crippen molar-refractivity contribution in [3.8, 4) is 0 Å². The van der Waals surface area contributed by atoms with E-state index in [1.807, 2.05) is 0 Å². The number of hydrogen-bond acceptors (Lipinski definition) is 4. The third kappa shape index (κ3) is 2.14. The molecule has 2 aromatic rings. The van der Waals surface area contributed by atoms with Gasteiger partial charge in [-0.1, -0.05) is 11.6 Å². The number of H-pyrrole nitrogens is 1. The molecule has 0 amide bonds. The molecule has 1 aromatic carbocycles. The predicted molar refractivity (Wildman–Crippen MR) is 65.9 cm³/mol. The second-order valence-electron chi connectivity index (χ2n) is 3.55. The van der Waals surface area contributed by atoms with E-state index in [-0.39, 0.29) is 23.0 Å². The van der Waals surface area contributed by atoms with Crippen LogP contribution < -0.4 is 0 Å². The monoisotopic (exact) mass is 268 g/mol. The number of benzene rings is 1. The molecule has 0 unspecified atom stereocenters. The van der Waals surface area contributed by atoms with Crippen LogP contribution in [0.2, 0.25) is 5.02 Å². The average Bonchev–Trinajstić information content (AvgIpc) is 2.71. The molecule has 7 heteroatoms. The van der Waals surface area contributed by atoms with Crippen LogP contribution in [-0.2, 0) is 4.74 Å². The van der Waals surface area contributed by atoms with Crippen LogP contribution in [0.3, 0.4) is 0 Å². The lowest BCUT2D eigenvalue weighted by molar-refractivity contribution is -0.383. The van der Waals surface area contributed by atoms with Crippen molar-refractivity contribution in [2.45, 2.75) is 6.92 Å². The van der Waals surface area contributed by atoms with Crippen LogP contribution in [0, 0.1) is 10.1 Å². The number of halogens is 1. The Morgan fingerprint density at radius 3 is 2.83 bits per heavy atom. The van der Waals surface area contributed by atoms with Crippen molar-refractivity contribution in [1.29, 1.82) is 0 Å². The summed E-state index contributed by atoms with van der Waals surface area (Å²) in [6, 6.07) is 4.15. The Kier molecular flexibility index (Phi) is 3.20. The molecule has 0 aliphatic carbocycles. The number of carbonyl (C=O) groups is 1. The zero-order valence-corrected chi connectivity index (χ0v) is 10.2. The minimum absolute atomic E-state index is 0.149. The molecule has 0 atom stereocenters. The van der Waals surface area contributed by atoms with Gasteiger partial charge in [-0.05, 0) is 19.1 Å². The second kappa shape index (κ2) is 4.66. The molecule has 0 aliphatic rings. The number of carbonyl (C=O) groups excluding carboxylic acids is 1. The van der Waals surface area contributed by atoms with Gasteiger partial charge in [0.05, 0.1) is 22.4 Å². The molecule has 0 saturated carbocycles. The molecular formula is C11H9ClN2O4. The molecule has 0 saturated heterocycles. The molecule has 18 heavy (non-hydrogen) atoms. The Hall–Kier alpha value is -2.08. The van der Waals surface area contributed by atoms with Crippen LogP contribution in [0.25, 0.3) is 10.9 Å². The van der Waals surface area contributed by atoms with Gasteiger partial charge in [-0.2, -0.15) is 0 Å². The molecule has 6 nitrogen and oxygen atoms in total. The first-order chi connectivity index (χ1) is 8.52. The molecule has 0 fully saturated rings. The normalized spacial score (nSPS) is 10.6. The Morgan fingerprint density at radius 1 is 1.50 bits per heavy atom. The second-order valence-corrected chi connectivity index (χ2v) is 3.98. The fourth-order valence-corrected chi connectivity index (χ4v) is 1.87. The highest BCUT2D eigenvalue weighted by Crippen LogP contribution is 2.30. The van der Waals surface area contributed by atoms with E-state index in [1.54, 1.807) is 6.92 Å². The average molecular weight is 269 g/mol. The third-order valence-electron chi connectivity index (χ3n) is 2.37. The molecule has 0 spiro atoms. The van der Waals surface area contributed by atoms with Crippen LogP contribution in [0.15, 0.2) is 18.2 Å². The van der Waals surface area contributed by atoms with Crippen molar-refractivity contribution in [2.75, 3.05) is 6.61 Å². The molecule has 1 heterocycles. The SMILES string of the molecule is CCOC(=O)c1cc2c([N+](=O)[O-])cc(Cl)cc2[nH]1. The molecule has 0 radical (unpaired) electrons. The first kappa shape index (κ1) is 12.4. The van der Waals surface area contributed by atoms with Crippen molar-refractivity contribution < 1.29 is 14.5 Å². The quantitative estimate of drug-likeness (QED) is 0.527. The molecule has 1 N–H and O–H groups in total. The van der Waals surface area contributed by atoms with E-state index in [0.717, 1.165) is 0 Å². The number of rotatable bonds is 3.